The predicted molar refractivity (Wildman–Crippen MR) is 271 cm³/mol. The summed E-state index contributed by atoms with van der Waals surface area (Å²) in [7, 11) is 0. The Morgan fingerprint density at radius 3 is 1.40 bits per heavy atom. The van der Waals surface area contributed by atoms with Crippen molar-refractivity contribution in [1.29, 1.82) is 0 Å². The van der Waals surface area contributed by atoms with Crippen LogP contribution in [0.4, 0.5) is 0 Å². The summed E-state index contributed by atoms with van der Waals surface area (Å²) in [5, 5.41) is 11.4. The van der Waals surface area contributed by atoms with E-state index in [2.05, 4.69) is 235 Å². The Morgan fingerprint density at radius 1 is 0.246 bits per heavy atom. The van der Waals surface area contributed by atoms with Gasteiger partial charge in [-0.1, -0.05) is 200 Å². The average molecular weight is 827 g/mol. The molecule has 0 fully saturated rings. The van der Waals surface area contributed by atoms with Crippen LogP contribution in [0.5, 0.6) is 0 Å². The maximum atomic E-state index is 5.49. The molecule has 13 aromatic rings. The van der Waals surface area contributed by atoms with E-state index in [1.807, 2.05) is 0 Å². The molecule has 0 N–H and O–H groups in total. The lowest BCUT2D eigenvalue weighted by Gasteiger charge is -2.21. The molecule has 0 aliphatic heterocycles. The fraction of sp³-hybridized carbons (Fsp3) is 0. The molecule has 0 aliphatic carbocycles. The first-order chi connectivity index (χ1) is 32.2. The number of rotatable bonds is 6. The van der Waals surface area contributed by atoms with E-state index in [1.165, 1.54) is 21.5 Å². The third-order valence-corrected chi connectivity index (χ3v) is 13.0. The zero-order chi connectivity index (χ0) is 42.8. The van der Waals surface area contributed by atoms with E-state index in [1.54, 1.807) is 0 Å². The lowest BCUT2D eigenvalue weighted by molar-refractivity contribution is 1.08. The van der Waals surface area contributed by atoms with Gasteiger partial charge in [-0.05, 0) is 84.7 Å². The monoisotopic (exact) mass is 826 g/mol. The Hall–Kier alpha value is -8.73. The molecule has 0 amide bonds. The topological polar surface area (TPSA) is 43.6 Å². The second-order valence-electron chi connectivity index (χ2n) is 16.7. The summed E-state index contributed by atoms with van der Waals surface area (Å²) in [5.41, 5.74) is 10.7. The highest BCUT2D eigenvalue weighted by Gasteiger charge is 2.24. The number of fused-ring (bicyclic) bond motifs is 7. The van der Waals surface area contributed by atoms with Crippen molar-refractivity contribution in [2.24, 2.45) is 0 Å². The normalized spacial score (nSPS) is 11.7. The number of para-hydroxylation sites is 1. The van der Waals surface area contributed by atoms with Crippen molar-refractivity contribution in [3.63, 3.8) is 0 Å². The zero-order valence-corrected chi connectivity index (χ0v) is 35.2. The van der Waals surface area contributed by atoms with Crippen molar-refractivity contribution >= 4 is 64.9 Å². The van der Waals surface area contributed by atoms with Crippen LogP contribution < -0.4 is 0 Å². The largest absolute Gasteiger partial charge is 0.308 e. The van der Waals surface area contributed by atoms with E-state index in [9.17, 15) is 0 Å². The maximum absolute atomic E-state index is 5.49. The van der Waals surface area contributed by atoms with E-state index >= 15 is 0 Å². The van der Waals surface area contributed by atoms with Crippen LogP contribution in [0.3, 0.4) is 0 Å². The molecule has 0 saturated carbocycles. The van der Waals surface area contributed by atoms with E-state index < -0.39 is 0 Å². The first-order valence-electron chi connectivity index (χ1n) is 22.1. The van der Waals surface area contributed by atoms with Gasteiger partial charge in [0.1, 0.15) is 0 Å². The molecule has 2 heterocycles. The average Bonchev–Trinajstić information content (AvgIpc) is 3.69. The van der Waals surface area contributed by atoms with Crippen molar-refractivity contribution in [3.8, 4) is 62.1 Å². The number of benzene rings is 11. The van der Waals surface area contributed by atoms with Crippen molar-refractivity contribution in [1.82, 2.24) is 19.5 Å². The summed E-state index contributed by atoms with van der Waals surface area (Å²) >= 11 is 0. The molecule has 13 rings (SSSR count). The number of nitrogens with zero attached hydrogens (tertiary/aromatic N) is 4. The van der Waals surface area contributed by atoms with Crippen LogP contribution >= 0.6 is 0 Å². The van der Waals surface area contributed by atoms with Gasteiger partial charge in [0.15, 0.2) is 17.5 Å². The van der Waals surface area contributed by atoms with Crippen LogP contribution in [0.1, 0.15) is 0 Å². The summed E-state index contributed by atoms with van der Waals surface area (Å²) < 4.78 is 2.50. The Morgan fingerprint density at radius 2 is 0.754 bits per heavy atom. The van der Waals surface area contributed by atoms with Crippen LogP contribution in [0, 0.1) is 0 Å². The Labute approximate surface area is 375 Å². The molecule has 11 aromatic carbocycles. The van der Waals surface area contributed by atoms with Gasteiger partial charge in [-0.25, -0.2) is 15.0 Å². The standard InChI is InChI=1S/C61H38N4/c1-3-17-39(18-4-1)45-33-34-48-54(36-45)58(65-56-32-14-13-29-49(56)53-35-43-23-7-8-24-44(43)37-57(53)65)52(42-19-5-2-6-20-42)38-55(48)61-63-59(50-30-15-25-40-21-9-11-27-46(40)50)62-60(64-61)51-31-16-26-41-22-10-12-28-47(41)51/h1-38H. The fourth-order valence-corrected chi connectivity index (χ4v) is 9.96. The van der Waals surface area contributed by atoms with Gasteiger partial charge in [0.05, 0.1) is 16.7 Å². The van der Waals surface area contributed by atoms with Gasteiger partial charge in [-0.2, -0.15) is 0 Å². The van der Waals surface area contributed by atoms with Crippen LogP contribution in [0.2, 0.25) is 0 Å². The minimum Gasteiger partial charge on any atom is -0.308 e. The van der Waals surface area contributed by atoms with E-state index in [0.717, 1.165) is 88.0 Å². The van der Waals surface area contributed by atoms with Gasteiger partial charge in [0, 0.05) is 38.4 Å². The third-order valence-electron chi connectivity index (χ3n) is 13.0. The summed E-state index contributed by atoms with van der Waals surface area (Å²) in [5.74, 6) is 1.87. The molecule has 0 atom stereocenters. The second-order valence-corrected chi connectivity index (χ2v) is 16.7. The van der Waals surface area contributed by atoms with Crippen molar-refractivity contribution < 1.29 is 0 Å². The Bertz CT molecular complexity index is 3890. The molecule has 2 aromatic heterocycles. The van der Waals surface area contributed by atoms with Crippen LogP contribution in [0.25, 0.3) is 127 Å². The van der Waals surface area contributed by atoms with Gasteiger partial charge in [0.2, 0.25) is 0 Å². The molecule has 0 spiro atoms. The SMILES string of the molecule is c1ccc(-c2ccc3c(-c4nc(-c5cccc6ccccc56)nc(-c5cccc6ccccc56)n4)cc(-c4ccccc4)c(-n4c5ccccc5c5cc6ccccc6cc54)c3c2)cc1. The van der Waals surface area contributed by atoms with Crippen molar-refractivity contribution in [3.05, 3.63) is 231 Å². The highest BCUT2D eigenvalue weighted by Crippen LogP contribution is 2.45. The minimum atomic E-state index is 0.611. The predicted octanol–water partition coefficient (Wildman–Crippen LogP) is 15.9. The van der Waals surface area contributed by atoms with Crippen LogP contribution in [-0.2, 0) is 0 Å². The van der Waals surface area contributed by atoms with Crippen molar-refractivity contribution in [2.75, 3.05) is 0 Å². The summed E-state index contributed by atoms with van der Waals surface area (Å²) in [4.78, 5) is 16.3. The summed E-state index contributed by atoms with van der Waals surface area (Å²) in [6.07, 6.45) is 0. The molecule has 65 heavy (non-hydrogen) atoms. The molecule has 302 valence electrons. The molecular formula is C61H38N4. The maximum Gasteiger partial charge on any atom is 0.164 e. The number of aromatic nitrogens is 4. The second kappa shape index (κ2) is 15.0. The molecule has 0 aliphatic rings. The first kappa shape index (κ1) is 36.9. The molecule has 4 nitrogen and oxygen atoms in total. The van der Waals surface area contributed by atoms with Gasteiger partial charge in [-0.3, -0.25) is 0 Å². The lowest BCUT2D eigenvalue weighted by atomic mass is 9.91. The van der Waals surface area contributed by atoms with E-state index in [4.69, 9.17) is 15.0 Å². The minimum absolute atomic E-state index is 0.611. The molecule has 0 unspecified atom stereocenters. The van der Waals surface area contributed by atoms with Crippen molar-refractivity contribution in [2.45, 2.75) is 0 Å². The first-order valence-corrected chi connectivity index (χ1v) is 22.1. The van der Waals surface area contributed by atoms with Gasteiger partial charge < -0.3 is 4.57 Å². The third kappa shape index (κ3) is 6.11. The van der Waals surface area contributed by atoms with E-state index in [0.29, 0.717) is 17.5 Å². The lowest BCUT2D eigenvalue weighted by Crippen LogP contribution is -2.04. The van der Waals surface area contributed by atoms with Gasteiger partial charge in [-0.15, -0.1) is 0 Å². The highest BCUT2D eigenvalue weighted by molar-refractivity contribution is 6.17. The molecule has 0 radical (unpaired) electrons. The smallest absolute Gasteiger partial charge is 0.164 e. The summed E-state index contributed by atoms with van der Waals surface area (Å²) in [6, 6.07) is 82.5. The number of hydrogen-bond acceptors (Lipinski definition) is 3. The molecule has 4 heteroatoms. The van der Waals surface area contributed by atoms with Crippen LogP contribution in [-0.4, -0.2) is 19.5 Å². The fourth-order valence-electron chi connectivity index (χ4n) is 9.96. The highest BCUT2D eigenvalue weighted by atomic mass is 15.0. The molecular weight excluding hydrogens is 789 g/mol. The molecule has 0 bridgehead atoms. The molecule has 0 saturated heterocycles. The Kier molecular flexibility index (Phi) is 8.50. The number of hydrogen-bond donors (Lipinski definition) is 0. The van der Waals surface area contributed by atoms with Gasteiger partial charge in [0.25, 0.3) is 0 Å². The Balaban J connectivity index is 1.19. The summed E-state index contributed by atoms with van der Waals surface area (Å²) in [6.45, 7) is 0. The van der Waals surface area contributed by atoms with Gasteiger partial charge >= 0.3 is 0 Å². The van der Waals surface area contributed by atoms with Crippen LogP contribution in [0.15, 0.2) is 231 Å². The quantitative estimate of drug-likeness (QED) is 0.168. The van der Waals surface area contributed by atoms with E-state index in [-0.39, 0.29) is 0 Å². The zero-order valence-electron chi connectivity index (χ0n) is 35.2.